The molecule has 24 heavy (non-hydrogen) atoms. The summed E-state index contributed by atoms with van der Waals surface area (Å²) in [7, 11) is -2.18. The van der Waals surface area contributed by atoms with Gasteiger partial charge in [0.15, 0.2) is 0 Å². The Hall–Kier alpha value is -2.67. The Morgan fingerprint density at radius 1 is 1.17 bits per heavy atom. The first-order valence-electron chi connectivity index (χ1n) is 7.14. The van der Waals surface area contributed by atoms with Crippen LogP contribution in [0, 0.1) is 5.82 Å². The maximum Gasteiger partial charge on any atom is 0.236 e. The molecule has 2 aromatic carbocycles. The summed E-state index contributed by atoms with van der Waals surface area (Å²) in [6.07, 6.45) is 1.59. The molecule has 0 atom stereocenters. The van der Waals surface area contributed by atoms with Crippen molar-refractivity contribution in [2.75, 3.05) is 11.8 Å². The van der Waals surface area contributed by atoms with Gasteiger partial charge >= 0.3 is 0 Å². The van der Waals surface area contributed by atoms with Crippen molar-refractivity contribution in [2.24, 2.45) is 0 Å². The number of anilines is 1. The summed E-state index contributed by atoms with van der Waals surface area (Å²) < 4.78 is 45.5. The molecule has 3 aromatic rings. The van der Waals surface area contributed by atoms with E-state index >= 15 is 0 Å². The number of aromatic nitrogens is 1. The Morgan fingerprint density at radius 3 is 2.62 bits per heavy atom. The SMILES string of the molecule is COc1cc(NS(=O)(=O)Cc2ccc(F)cc2)c2ncccc2c1. The van der Waals surface area contributed by atoms with Crippen LogP contribution in [-0.4, -0.2) is 20.5 Å². The molecule has 1 heterocycles. The average molecular weight is 346 g/mol. The normalized spacial score (nSPS) is 11.4. The van der Waals surface area contributed by atoms with Crippen molar-refractivity contribution in [1.29, 1.82) is 0 Å². The van der Waals surface area contributed by atoms with E-state index in [1.165, 1.54) is 31.4 Å². The summed E-state index contributed by atoms with van der Waals surface area (Å²) in [5.41, 5.74) is 1.36. The number of ether oxygens (including phenoxy) is 1. The Bertz CT molecular complexity index is 973. The number of nitrogens with zero attached hydrogens (tertiary/aromatic N) is 1. The summed E-state index contributed by atoms with van der Waals surface area (Å²) >= 11 is 0. The van der Waals surface area contributed by atoms with E-state index in [2.05, 4.69) is 9.71 Å². The number of nitrogens with one attached hydrogen (secondary N) is 1. The third-order valence-corrected chi connectivity index (χ3v) is 4.69. The van der Waals surface area contributed by atoms with Gasteiger partial charge in [0.2, 0.25) is 10.0 Å². The molecule has 0 bridgehead atoms. The lowest BCUT2D eigenvalue weighted by Gasteiger charge is -2.12. The predicted molar refractivity (Wildman–Crippen MR) is 90.9 cm³/mol. The molecule has 1 aromatic heterocycles. The van der Waals surface area contributed by atoms with E-state index in [-0.39, 0.29) is 5.75 Å². The summed E-state index contributed by atoms with van der Waals surface area (Å²) in [6, 6.07) is 12.3. The molecular weight excluding hydrogens is 331 g/mol. The zero-order chi connectivity index (χ0) is 17.2. The Morgan fingerprint density at radius 2 is 1.92 bits per heavy atom. The molecular formula is C17H15FN2O3S. The summed E-state index contributed by atoms with van der Waals surface area (Å²) in [5, 5.41) is 0.760. The Labute approximate surface area is 139 Å². The standard InChI is InChI=1S/C17H15FN2O3S/c1-23-15-9-13-3-2-8-19-17(13)16(10-15)20-24(21,22)11-12-4-6-14(18)7-5-12/h2-10,20H,11H2,1H3. The van der Waals surface area contributed by atoms with Crippen LogP contribution in [0.2, 0.25) is 0 Å². The van der Waals surface area contributed by atoms with Gasteiger partial charge in [0, 0.05) is 17.6 Å². The van der Waals surface area contributed by atoms with E-state index in [4.69, 9.17) is 4.74 Å². The molecule has 0 saturated heterocycles. The fourth-order valence-corrected chi connectivity index (χ4v) is 3.56. The van der Waals surface area contributed by atoms with Gasteiger partial charge in [0.05, 0.1) is 24.1 Å². The van der Waals surface area contributed by atoms with Crippen molar-refractivity contribution in [1.82, 2.24) is 4.98 Å². The topological polar surface area (TPSA) is 68.3 Å². The molecule has 0 amide bonds. The zero-order valence-electron chi connectivity index (χ0n) is 12.9. The van der Waals surface area contributed by atoms with Crippen molar-refractivity contribution < 1.29 is 17.5 Å². The minimum Gasteiger partial charge on any atom is -0.497 e. The van der Waals surface area contributed by atoms with Gasteiger partial charge in [-0.1, -0.05) is 18.2 Å². The molecule has 7 heteroatoms. The van der Waals surface area contributed by atoms with Crippen LogP contribution in [0.3, 0.4) is 0 Å². The molecule has 0 aliphatic carbocycles. The smallest absolute Gasteiger partial charge is 0.236 e. The Balaban J connectivity index is 1.94. The first kappa shape index (κ1) is 16.2. The summed E-state index contributed by atoms with van der Waals surface area (Å²) in [4.78, 5) is 4.23. The number of methoxy groups -OCH3 is 1. The second-order valence-corrected chi connectivity index (χ2v) is 6.96. The second kappa shape index (κ2) is 6.45. The van der Waals surface area contributed by atoms with Gasteiger partial charge in [-0.3, -0.25) is 9.71 Å². The minimum atomic E-state index is -3.68. The van der Waals surface area contributed by atoms with Crippen LogP contribution in [0.4, 0.5) is 10.1 Å². The van der Waals surface area contributed by atoms with Gasteiger partial charge in [-0.05, 0) is 29.8 Å². The van der Waals surface area contributed by atoms with E-state index in [1.807, 2.05) is 6.07 Å². The molecule has 3 rings (SSSR count). The number of benzene rings is 2. The van der Waals surface area contributed by atoms with E-state index in [9.17, 15) is 12.8 Å². The van der Waals surface area contributed by atoms with Crippen LogP contribution in [0.15, 0.2) is 54.7 Å². The molecule has 124 valence electrons. The molecule has 0 saturated carbocycles. The number of sulfonamides is 1. The number of rotatable bonds is 5. The van der Waals surface area contributed by atoms with Crippen LogP contribution in [0.5, 0.6) is 5.75 Å². The Kier molecular flexibility index (Phi) is 4.35. The van der Waals surface area contributed by atoms with Crippen LogP contribution >= 0.6 is 0 Å². The molecule has 5 nitrogen and oxygen atoms in total. The number of halogens is 1. The fraction of sp³-hybridized carbons (Fsp3) is 0.118. The van der Waals surface area contributed by atoms with E-state index in [0.29, 0.717) is 22.5 Å². The number of hydrogen-bond acceptors (Lipinski definition) is 4. The third kappa shape index (κ3) is 3.62. The summed E-state index contributed by atoms with van der Waals surface area (Å²) in [5.74, 6) is -0.152. The van der Waals surface area contributed by atoms with E-state index in [1.54, 1.807) is 24.4 Å². The molecule has 0 fully saturated rings. The number of hydrogen-bond donors (Lipinski definition) is 1. The van der Waals surface area contributed by atoms with E-state index in [0.717, 1.165) is 5.39 Å². The van der Waals surface area contributed by atoms with Gasteiger partial charge in [0.1, 0.15) is 11.6 Å². The van der Waals surface area contributed by atoms with Crippen molar-refractivity contribution in [2.45, 2.75) is 5.75 Å². The lowest BCUT2D eigenvalue weighted by atomic mass is 10.2. The first-order valence-corrected chi connectivity index (χ1v) is 8.80. The van der Waals surface area contributed by atoms with E-state index < -0.39 is 15.8 Å². The monoisotopic (exact) mass is 346 g/mol. The highest BCUT2D eigenvalue weighted by atomic mass is 32.2. The molecule has 0 aliphatic rings. The fourth-order valence-electron chi connectivity index (χ4n) is 2.36. The largest absolute Gasteiger partial charge is 0.497 e. The van der Waals surface area contributed by atoms with Crippen LogP contribution < -0.4 is 9.46 Å². The van der Waals surface area contributed by atoms with Crippen molar-refractivity contribution >= 4 is 26.6 Å². The highest BCUT2D eigenvalue weighted by molar-refractivity contribution is 7.91. The second-order valence-electron chi connectivity index (χ2n) is 5.24. The van der Waals surface area contributed by atoms with Gasteiger partial charge in [0.25, 0.3) is 0 Å². The maximum absolute atomic E-state index is 12.9. The highest BCUT2D eigenvalue weighted by Crippen LogP contribution is 2.28. The van der Waals surface area contributed by atoms with Gasteiger partial charge in [-0.25, -0.2) is 12.8 Å². The highest BCUT2D eigenvalue weighted by Gasteiger charge is 2.15. The quantitative estimate of drug-likeness (QED) is 0.769. The first-order chi connectivity index (χ1) is 11.5. The lowest BCUT2D eigenvalue weighted by molar-refractivity contribution is 0.415. The molecule has 1 N–H and O–H groups in total. The van der Waals surface area contributed by atoms with Gasteiger partial charge < -0.3 is 4.74 Å². The van der Waals surface area contributed by atoms with Crippen LogP contribution in [-0.2, 0) is 15.8 Å². The molecule has 0 aliphatic heterocycles. The zero-order valence-corrected chi connectivity index (χ0v) is 13.7. The summed E-state index contributed by atoms with van der Waals surface area (Å²) in [6.45, 7) is 0. The number of fused-ring (bicyclic) bond motifs is 1. The van der Waals surface area contributed by atoms with Crippen LogP contribution in [0.25, 0.3) is 10.9 Å². The van der Waals surface area contributed by atoms with Crippen molar-refractivity contribution in [3.05, 3.63) is 66.1 Å². The lowest BCUT2D eigenvalue weighted by Crippen LogP contribution is -2.15. The average Bonchev–Trinajstić information content (AvgIpc) is 2.56. The maximum atomic E-state index is 12.9. The van der Waals surface area contributed by atoms with Crippen molar-refractivity contribution in [3.63, 3.8) is 0 Å². The van der Waals surface area contributed by atoms with Crippen molar-refractivity contribution in [3.8, 4) is 5.75 Å². The minimum absolute atomic E-state index is 0.265. The predicted octanol–water partition coefficient (Wildman–Crippen LogP) is 3.32. The van der Waals surface area contributed by atoms with Gasteiger partial charge in [-0.2, -0.15) is 0 Å². The van der Waals surface area contributed by atoms with Crippen LogP contribution in [0.1, 0.15) is 5.56 Å². The number of pyridine rings is 1. The van der Waals surface area contributed by atoms with Gasteiger partial charge in [-0.15, -0.1) is 0 Å². The third-order valence-electron chi connectivity index (χ3n) is 3.45. The molecule has 0 unspecified atom stereocenters. The molecule has 0 spiro atoms. The molecule has 0 radical (unpaired) electrons.